The summed E-state index contributed by atoms with van der Waals surface area (Å²) in [6.45, 7) is 7.41. The minimum Gasteiger partial charge on any atom is -0.466 e. The van der Waals surface area contributed by atoms with E-state index in [0.29, 0.717) is 30.5 Å². The van der Waals surface area contributed by atoms with E-state index in [-0.39, 0.29) is 6.61 Å². The second-order valence-electron chi connectivity index (χ2n) is 8.20. The van der Waals surface area contributed by atoms with Crippen molar-refractivity contribution in [3.63, 3.8) is 0 Å². The number of nitrogen functional groups attached to an aromatic ring is 1. The molecule has 3 aromatic carbocycles. The molecule has 0 radical (unpaired) electrons. The van der Waals surface area contributed by atoms with E-state index >= 15 is 4.57 Å². The third-order valence-electron chi connectivity index (χ3n) is 6.05. The highest BCUT2D eigenvalue weighted by Crippen LogP contribution is 2.67. The van der Waals surface area contributed by atoms with Gasteiger partial charge >= 0.3 is 5.97 Å². The second-order valence-corrected chi connectivity index (χ2v) is 10.8. The zero-order chi connectivity index (χ0) is 24.1. The van der Waals surface area contributed by atoms with Crippen LogP contribution in [0.3, 0.4) is 0 Å². The quantitative estimate of drug-likeness (QED) is 0.255. The van der Waals surface area contributed by atoms with Crippen LogP contribution in [0.25, 0.3) is 0 Å². The van der Waals surface area contributed by atoms with Crippen LogP contribution in [0.1, 0.15) is 12.5 Å². The van der Waals surface area contributed by atoms with E-state index in [2.05, 4.69) is 6.58 Å². The van der Waals surface area contributed by atoms with Gasteiger partial charge in [-0.25, -0.2) is 0 Å². The number of hydrogen-bond donors (Lipinski definition) is 1. The Balaban J connectivity index is 1.79. The molecule has 3 aromatic rings. The molecule has 1 atom stereocenters. The fraction of sp³-hybridized carbons (Fsp3) is 0.222. The first kappa shape index (κ1) is 23.7. The van der Waals surface area contributed by atoms with Crippen LogP contribution in [-0.4, -0.2) is 25.7 Å². The van der Waals surface area contributed by atoms with Gasteiger partial charge in [0.25, 0.3) is 7.44 Å². The van der Waals surface area contributed by atoms with Crippen LogP contribution in [0.2, 0.25) is 0 Å². The molecule has 0 aliphatic carbocycles. The van der Waals surface area contributed by atoms with Crippen LogP contribution in [0.5, 0.6) is 0 Å². The van der Waals surface area contributed by atoms with Gasteiger partial charge in [-0.05, 0) is 55.3 Å². The molecule has 4 rings (SSSR count). The van der Waals surface area contributed by atoms with Gasteiger partial charge in [0.05, 0.1) is 12.5 Å². The molecule has 34 heavy (non-hydrogen) atoms. The van der Waals surface area contributed by atoms with Gasteiger partial charge in [-0.2, -0.15) is 0 Å². The SMILES string of the molecule is C=C(C(Cc1ccc(N)cc1)C(=O)OCC)P1(=O)N(c2ccccc2)CCN1c1ccccc1. The van der Waals surface area contributed by atoms with E-state index < -0.39 is 19.3 Å². The number of nitrogens with zero attached hydrogens (tertiary/aromatic N) is 2. The summed E-state index contributed by atoms with van der Waals surface area (Å²) >= 11 is 0. The van der Waals surface area contributed by atoms with Crippen molar-refractivity contribution in [2.24, 2.45) is 5.92 Å². The van der Waals surface area contributed by atoms with E-state index in [0.717, 1.165) is 16.9 Å². The van der Waals surface area contributed by atoms with Crippen molar-refractivity contribution >= 4 is 30.5 Å². The van der Waals surface area contributed by atoms with E-state index in [1.807, 2.05) is 82.1 Å². The van der Waals surface area contributed by atoms with Crippen LogP contribution < -0.4 is 15.1 Å². The van der Waals surface area contributed by atoms with Crippen molar-refractivity contribution in [1.82, 2.24) is 0 Å². The molecular weight excluding hydrogens is 445 g/mol. The molecule has 1 unspecified atom stereocenters. The van der Waals surface area contributed by atoms with Gasteiger partial charge < -0.3 is 19.8 Å². The molecule has 1 fully saturated rings. The smallest absolute Gasteiger partial charge is 0.314 e. The van der Waals surface area contributed by atoms with Gasteiger partial charge in [0.2, 0.25) is 0 Å². The molecule has 0 spiro atoms. The lowest BCUT2D eigenvalue weighted by atomic mass is 9.99. The number of ether oxygens (including phenoxy) is 1. The first-order valence-corrected chi connectivity index (χ1v) is 13.0. The summed E-state index contributed by atoms with van der Waals surface area (Å²) in [5.41, 5.74) is 9.05. The summed E-state index contributed by atoms with van der Waals surface area (Å²) in [5.74, 6) is -1.20. The largest absolute Gasteiger partial charge is 0.466 e. The minimum atomic E-state index is -3.46. The Labute approximate surface area is 201 Å². The topological polar surface area (TPSA) is 75.9 Å². The third-order valence-corrected chi connectivity index (χ3v) is 9.28. The molecule has 1 heterocycles. The van der Waals surface area contributed by atoms with Crippen molar-refractivity contribution < 1.29 is 14.1 Å². The predicted molar refractivity (Wildman–Crippen MR) is 139 cm³/mol. The normalized spacial score (nSPS) is 15.7. The number of benzene rings is 3. The van der Waals surface area contributed by atoms with Crippen molar-refractivity contribution in [2.45, 2.75) is 13.3 Å². The molecule has 0 amide bonds. The van der Waals surface area contributed by atoms with Crippen LogP contribution in [-0.2, 0) is 20.5 Å². The van der Waals surface area contributed by atoms with Crippen LogP contribution in [0.15, 0.2) is 96.8 Å². The minimum absolute atomic E-state index is 0.236. The predicted octanol–water partition coefficient (Wildman–Crippen LogP) is 5.72. The second kappa shape index (κ2) is 10.2. The zero-order valence-electron chi connectivity index (χ0n) is 19.3. The van der Waals surface area contributed by atoms with Gasteiger partial charge in [-0.15, -0.1) is 0 Å². The summed E-state index contributed by atoms with van der Waals surface area (Å²) in [5, 5.41) is 0.369. The van der Waals surface area contributed by atoms with Crippen molar-refractivity contribution in [3.05, 3.63) is 102 Å². The van der Waals surface area contributed by atoms with Crippen molar-refractivity contribution in [2.75, 3.05) is 34.8 Å². The Kier molecular flexibility index (Phi) is 7.09. The van der Waals surface area contributed by atoms with E-state index in [9.17, 15) is 4.79 Å². The van der Waals surface area contributed by atoms with Gasteiger partial charge in [0.15, 0.2) is 0 Å². The van der Waals surface area contributed by atoms with E-state index in [1.165, 1.54) is 0 Å². The van der Waals surface area contributed by atoms with Crippen LogP contribution in [0, 0.1) is 5.92 Å². The first-order valence-electron chi connectivity index (χ1n) is 11.4. The average Bonchev–Trinajstić information content (AvgIpc) is 3.22. The summed E-state index contributed by atoms with van der Waals surface area (Å²) < 4.78 is 24.3. The first-order chi connectivity index (χ1) is 16.4. The Morgan fingerprint density at radius 2 is 1.44 bits per heavy atom. The van der Waals surface area contributed by atoms with Gasteiger partial charge in [0.1, 0.15) is 0 Å². The van der Waals surface area contributed by atoms with Gasteiger partial charge in [-0.3, -0.25) is 9.36 Å². The maximum Gasteiger partial charge on any atom is 0.314 e. The van der Waals surface area contributed by atoms with Crippen LogP contribution in [0.4, 0.5) is 17.1 Å². The number of carbonyl (C=O) groups excluding carboxylic acids is 1. The summed E-state index contributed by atoms with van der Waals surface area (Å²) in [4.78, 5) is 13.2. The number of rotatable bonds is 8. The van der Waals surface area contributed by atoms with Crippen molar-refractivity contribution in [1.29, 1.82) is 0 Å². The number of para-hydroxylation sites is 2. The van der Waals surface area contributed by atoms with Gasteiger partial charge in [-0.1, -0.05) is 55.1 Å². The molecule has 0 bridgehead atoms. The molecule has 1 aliphatic heterocycles. The molecule has 1 aliphatic rings. The number of carbonyl (C=O) groups is 1. The summed E-state index contributed by atoms with van der Waals surface area (Å²) in [6.07, 6.45) is 0.327. The number of esters is 1. The molecular formula is C27H30N3O3P. The lowest BCUT2D eigenvalue weighted by Gasteiger charge is -2.36. The maximum absolute atomic E-state index is 15.1. The Hall–Kier alpha value is -3.50. The Morgan fingerprint density at radius 3 is 1.91 bits per heavy atom. The van der Waals surface area contributed by atoms with Crippen LogP contribution >= 0.6 is 7.44 Å². The fourth-order valence-electron chi connectivity index (χ4n) is 4.34. The molecule has 176 valence electrons. The molecule has 0 saturated carbocycles. The highest BCUT2D eigenvalue weighted by Gasteiger charge is 2.49. The third kappa shape index (κ3) is 4.59. The number of nitrogens with two attached hydrogens (primary N) is 1. The lowest BCUT2D eigenvalue weighted by molar-refractivity contribution is -0.146. The standard InChI is InChI=1S/C27H30N3O3P/c1-3-33-27(31)26(20-22-14-16-23(28)17-15-22)21(2)34(32)29(24-10-6-4-7-11-24)18-19-30(34)25-12-8-5-9-13-25/h4-17,26H,2-3,18-20,28H2,1H3. The monoisotopic (exact) mass is 475 g/mol. The molecule has 2 N–H and O–H groups in total. The zero-order valence-corrected chi connectivity index (χ0v) is 20.2. The maximum atomic E-state index is 15.1. The Morgan fingerprint density at radius 1 is 0.941 bits per heavy atom. The fourth-order valence-corrected chi connectivity index (χ4v) is 7.44. The van der Waals surface area contributed by atoms with E-state index in [1.54, 1.807) is 19.1 Å². The Bertz CT molecular complexity index is 1130. The van der Waals surface area contributed by atoms with Crippen molar-refractivity contribution in [3.8, 4) is 0 Å². The molecule has 7 heteroatoms. The molecule has 0 aromatic heterocycles. The highest BCUT2D eigenvalue weighted by molar-refractivity contribution is 7.71. The highest BCUT2D eigenvalue weighted by atomic mass is 31.2. The van der Waals surface area contributed by atoms with Gasteiger partial charge in [0, 0.05) is 35.5 Å². The number of hydrogen-bond acceptors (Lipinski definition) is 4. The van der Waals surface area contributed by atoms with E-state index in [4.69, 9.17) is 10.5 Å². The summed E-state index contributed by atoms with van der Waals surface area (Å²) in [7, 11) is -3.46. The molecule has 6 nitrogen and oxygen atoms in total. The number of anilines is 3. The lowest BCUT2D eigenvalue weighted by Crippen LogP contribution is -2.28. The average molecular weight is 476 g/mol. The molecule has 1 saturated heterocycles. The summed E-state index contributed by atoms with van der Waals surface area (Å²) in [6, 6.07) is 26.6.